The van der Waals surface area contributed by atoms with E-state index in [-0.39, 0.29) is 5.91 Å². The maximum absolute atomic E-state index is 11.2. The van der Waals surface area contributed by atoms with E-state index in [1.807, 2.05) is 0 Å². The van der Waals surface area contributed by atoms with Crippen LogP contribution in [-0.2, 0) is 4.79 Å². The van der Waals surface area contributed by atoms with E-state index in [2.05, 4.69) is 17.5 Å². The second-order valence-electron chi connectivity index (χ2n) is 3.28. The zero-order chi connectivity index (χ0) is 8.97. The molecule has 68 valence electrons. The second-order valence-corrected chi connectivity index (χ2v) is 3.28. The van der Waals surface area contributed by atoms with E-state index in [0.717, 1.165) is 19.3 Å². The number of amides is 1. The average Bonchev–Trinajstić information content (AvgIpc) is 2.06. The van der Waals surface area contributed by atoms with Gasteiger partial charge in [-0.15, -0.1) is 0 Å². The fourth-order valence-electron chi connectivity index (χ4n) is 1.26. The number of nitrogens with two attached hydrogens (primary N) is 1. The minimum absolute atomic E-state index is 0.0460. The molecule has 12 heavy (non-hydrogen) atoms. The van der Waals surface area contributed by atoms with Gasteiger partial charge in [0, 0.05) is 6.04 Å². The highest BCUT2D eigenvalue weighted by Gasteiger charge is 2.14. The van der Waals surface area contributed by atoms with Crippen molar-refractivity contribution in [3.63, 3.8) is 0 Å². The van der Waals surface area contributed by atoms with Gasteiger partial charge in [0.05, 0.1) is 6.04 Å². The van der Waals surface area contributed by atoms with Crippen LogP contribution in [0.5, 0.6) is 0 Å². The highest BCUT2D eigenvalue weighted by atomic mass is 16.2. The second kappa shape index (κ2) is 4.26. The number of allylic oxidation sites excluding steroid dienone is 1. The molecular weight excluding hydrogens is 152 g/mol. The molecule has 0 bridgehead atoms. The van der Waals surface area contributed by atoms with Crippen LogP contribution in [0.15, 0.2) is 12.2 Å². The standard InChI is InChI=1S/C9H16N2O/c1-7(10)9(12)11-8-5-3-2-4-6-8/h2-3,7-8H,4-6,10H2,1H3,(H,11,12)/t7-,8?/m0/s1. The molecule has 1 amide bonds. The quantitative estimate of drug-likeness (QED) is 0.592. The molecule has 0 spiro atoms. The summed E-state index contributed by atoms with van der Waals surface area (Å²) in [5.74, 6) is -0.0460. The van der Waals surface area contributed by atoms with Crippen LogP contribution in [-0.4, -0.2) is 18.0 Å². The van der Waals surface area contributed by atoms with Crippen LogP contribution >= 0.6 is 0 Å². The van der Waals surface area contributed by atoms with E-state index >= 15 is 0 Å². The fourth-order valence-corrected chi connectivity index (χ4v) is 1.26. The zero-order valence-corrected chi connectivity index (χ0v) is 7.42. The number of hydrogen-bond acceptors (Lipinski definition) is 2. The minimum atomic E-state index is -0.393. The van der Waals surface area contributed by atoms with Gasteiger partial charge in [-0.05, 0) is 26.2 Å². The van der Waals surface area contributed by atoms with E-state index in [0.29, 0.717) is 6.04 Å². The minimum Gasteiger partial charge on any atom is -0.352 e. The SMILES string of the molecule is C[C@H](N)C(=O)NC1CC=CCC1. The van der Waals surface area contributed by atoms with E-state index < -0.39 is 6.04 Å². The van der Waals surface area contributed by atoms with Gasteiger partial charge in [0.25, 0.3) is 0 Å². The van der Waals surface area contributed by atoms with Gasteiger partial charge < -0.3 is 11.1 Å². The Morgan fingerprint density at radius 2 is 2.42 bits per heavy atom. The number of carbonyl (C=O) groups excluding carboxylic acids is 1. The Labute approximate surface area is 73.0 Å². The van der Waals surface area contributed by atoms with Gasteiger partial charge >= 0.3 is 0 Å². The maximum atomic E-state index is 11.2. The first-order valence-corrected chi connectivity index (χ1v) is 4.41. The molecule has 0 aromatic rings. The summed E-state index contributed by atoms with van der Waals surface area (Å²) < 4.78 is 0. The molecule has 0 aliphatic heterocycles. The molecule has 1 rings (SSSR count). The number of rotatable bonds is 2. The van der Waals surface area contributed by atoms with Crippen LogP contribution in [0.3, 0.4) is 0 Å². The molecule has 0 fully saturated rings. The largest absolute Gasteiger partial charge is 0.352 e. The third kappa shape index (κ3) is 2.66. The third-order valence-electron chi connectivity index (χ3n) is 2.03. The summed E-state index contributed by atoms with van der Waals surface area (Å²) in [5, 5.41) is 2.90. The van der Waals surface area contributed by atoms with Gasteiger partial charge in [-0.2, -0.15) is 0 Å². The zero-order valence-electron chi connectivity index (χ0n) is 7.42. The van der Waals surface area contributed by atoms with Crippen molar-refractivity contribution in [1.82, 2.24) is 5.32 Å². The van der Waals surface area contributed by atoms with Crippen LogP contribution in [0, 0.1) is 0 Å². The Balaban J connectivity index is 2.31. The van der Waals surface area contributed by atoms with Gasteiger partial charge in [-0.1, -0.05) is 12.2 Å². The summed E-state index contributed by atoms with van der Waals surface area (Å²) >= 11 is 0. The van der Waals surface area contributed by atoms with Gasteiger partial charge in [0.15, 0.2) is 0 Å². The first kappa shape index (κ1) is 9.26. The van der Waals surface area contributed by atoms with Crippen molar-refractivity contribution in [2.24, 2.45) is 5.73 Å². The van der Waals surface area contributed by atoms with Crippen LogP contribution in [0.4, 0.5) is 0 Å². The maximum Gasteiger partial charge on any atom is 0.236 e. The Morgan fingerprint density at radius 3 is 2.92 bits per heavy atom. The van der Waals surface area contributed by atoms with E-state index in [9.17, 15) is 4.79 Å². The lowest BCUT2D eigenvalue weighted by molar-refractivity contribution is -0.122. The smallest absolute Gasteiger partial charge is 0.236 e. The molecule has 1 unspecified atom stereocenters. The highest BCUT2D eigenvalue weighted by molar-refractivity contribution is 5.81. The third-order valence-corrected chi connectivity index (χ3v) is 2.03. The van der Waals surface area contributed by atoms with E-state index in [1.165, 1.54) is 0 Å². The molecule has 2 atom stereocenters. The predicted molar refractivity (Wildman–Crippen MR) is 48.6 cm³/mol. The summed E-state index contributed by atoms with van der Waals surface area (Å²) in [6.45, 7) is 1.70. The monoisotopic (exact) mass is 168 g/mol. The summed E-state index contributed by atoms with van der Waals surface area (Å²) in [7, 11) is 0. The molecule has 0 radical (unpaired) electrons. The Morgan fingerprint density at radius 1 is 1.67 bits per heavy atom. The van der Waals surface area contributed by atoms with Gasteiger partial charge in [0.1, 0.15) is 0 Å². The topological polar surface area (TPSA) is 55.1 Å². The first-order chi connectivity index (χ1) is 5.70. The number of hydrogen-bond donors (Lipinski definition) is 2. The summed E-state index contributed by atoms with van der Waals surface area (Å²) in [4.78, 5) is 11.2. The van der Waals surface area contributed by atoms with Gasteiger partial charge in [-0.25, -0.2) is 0 Å². The molecule has 0 heterocycles. The molecule has 0 saturated heterocycles. The normalized spacial score (nSPS) is 25.0. The first-order valence-electron chi connectivity index (χ1n) is 4.41. The fraction of sp³-hybridized carbons (Fsp3) is 0.667. The van der Waals surface area contributed by atoms with Gasteiger partial charge in [0.2, 0.25) is 5.91 Å². The van der Waals surface area contributed by atoms with Crippen molar-refractivity contribution in [2.75, 3.05) is 0 Å². The van der Waals surface area contributed by atoms with Crippen LogP contribution in [0.25, 0.3) is 0 Å². The Bertz CT molecular complexity index is 187. The molecule has 0 aromatic heterocycles. The van der Waals surface area contributed by atoms with E-state index in [1.54, 1.807) is 6.92 Å². The molecule has 0 saturated carbocycles. The molecule has 3 N–H and O–H groups in total. The lowest BCUT2D eigenvalue weighted by atomic mass is 10.0. The summed E-state index contributed by atoms with van der Waals surface area (Å²) in [6, 6.07) is -0.0931. The molecule has 1 aliphatic rings. The van der Waals surface area contributed by atoms with Gasteiger partial charge in [-0.3, -0.25) is 4.79 Å². The Hall–Kier alpha value is -0.830. The number of carbonyl (C=O) groups is 1. The molecule has 3 nitrogen and oxygen atoms in total. The number of nitrogens with one attached hydrogen (secondary N) is 1. The predicted octanol–water partition coefficient (Wildman–Crippen LogP) is 0.558. The molecule has 3 heteroatoms. The molecule has 0 aromatic carbocycles. The summed E-state index contributed by atoms with van der Waals surface area (Å²) in [5.41, 5.74) is 5.42. The van der Waals surface area contributed by atoms with Crippen molar-refractivity contribution < 1.29 is 4.79 Å². The van der Waals surface area contributed by atoms with Crippen molar-refractivity contribution in [3.05, 3.63) is 12.2 Å². The van der Waals surface area contributed by atoms with E-state index in [4.69, 9.17) is 5.73 Å². The molecular formula is C9H16N2O. The van der Waals surface area contributed by atoms with Crippen molar-refractivity contribution in [2.45, 2.75) is 38.3 Å². The lowest BCUT2D eigenvalue weighted by Crippen LogP contribution is -2.44. The Kier molecular flexibility index (Phi) is 3.29. The summed E-state index contributed by atoms with van der Waals surface area (Å²) in [6.07, 6.45) is 7.29. The van der Waals surface area contributed by atoms with Crippen LogP contribution in [0.1, 0.15) is 26.2 Å². The van der Waals surface area contributed by atoms with Crippen molar-refractivity contribution in [1.29, 1.82) is 0 Å². The van der Waals surface area contributed by atoms with Crippen molar-refractivity contribution >= 4 is 5.91 Å². The lowest BCUT2D eigenvalue weighted by Gasteiger charge is -2.20. The highest BCUT2D eigenvalue weighted by Crippen LogP contribution is 2.10. The van der Waals surface area contributed by atoms with Crippen LogP contribution < -0.4 is 11.1 Å². The van der Waals surface area contributed by atoms with Crippen LogP contribution in [0.2, 0.25) is 0 Å². The molecule has 1 aliphatic carbocycles. The average molecular weight is 168 g/mol. The van der Waals surface area contributed by atoms with Crippen molar-refractivity contribution in [3.8, 4) is 0 Å².